The van der Waals surface area contributed by atoms with E-state index < -0.39 is 0 Å². The number of aromatic amines is 1. The van der Waals surface area contributed by atoms with Crippen LogP contribution in [0.3, 0.4) is 0 Å². The second-order valence-electron chi connectivity index (χ2n) is 3.85. The van der Waals surface area contributed by atoms with Gasteiger partial charge in [-0.1, -0.05) is 60.7 Å². The quantitative estimate of drug-likeness (QED) is 0.701. The molecular weight excluding hydrogens is 208 g/mol. The van der Waals surface area contributed by atoms with Gasteiger partial charge in [-0.25, -0.2) is 0 Å². The summed E-state index contributed by atoms with van der Waals surface area (Å²) in [6, 6.07) is 21.7. The molecule has 1 heterocycles. The van der Waals surface area contributed by atoms with Crippen molar-refractivity contribution in [3.05, 3.63) is 66.7 Å². The largest absolute Gasteiger partial charge is 0.277 e. The van der Waals surface area contributed by atoms with E-state index in [4.69, 9.17) is 1.41 Å². The zero-order valence-electron chi connectivity index (χ0n) is 10.2. The predicted molar refractivity (Wildman–Crippen MR) is 69.5 cm³/mol. The van der Waals surface area contributed by atoms with Gasteiger partial charge in [-0.15, -0.1) is 0 Å². The normalized spacial score (nSPS) is 11.2. The molecule has 0 atom stereocenters. The molecule has 0 amide bonds. The van der Waals surface area contributed by atoms with E-state index >= 15 is 0 Å². The molecule has 2 aromatic carbocycles. The number of nitrogens with one attached hydrogen (secondary N) is 1. The Morgan fingerprint density at radius 2 is 1.41 bits per heavy atom. The van der Waals surface area contributed by atoms with Gasteiger partial charge in [0, 0.05) is 5.56 Å². The Labute approximate surface area is 101 Å². The van der Waals surface area contributed by atoms with Crippen LogP contribution in [0, 0.1) is 0 Å². The van der Waals surface area contributed by atoms with Gasteiger partial charge in [-0.05, 0) is 11.6 Å². The maximum Gasteiger partial charge on any atom is 0.190 e. The first kappa shape index (κ1) is 8.76. The first-order valence-electron chi connectivity index (χ1n) is 5.99. The molecular formula is C15H12N2. The van der Waals surface area contributed by atoms with E-state index in [9.17, 15) is 0 Å². The average Bonchev–Trinajstić information content (AvgIpc) is 2.83. The lowest BCUT2D eigenvalue weighted by molar-refractivity contribution is 1.10. The molecule has 82 valence electrons. The summed E-state index contributed by atoms with van der Waals surface area (Å²) < 4.78 is 7.88. The maximum absolute atomic E-state index is 7.88. The molecule has 17 heavy (non-hydrogen) atoms. The standard InChI is InChI=1S/C15H12N2/c1-3-7-12(8-4-1)14-11-15(17-16-14)13-9-5-2-6-10-13/h1-11H,(H,16,17)/i/hD. The third kappa shape index (κ3) is 1.97. The zero-order valence-corrected chi connectivity index (χ0v) is 9.25. The highest BCUT2D eigenvalue weighted by molar-refractivity contribution is 5.67. The van der Waals surface area contributed by atoms with Gasteiger partial charge in [0.1, 0.15) is 0 Å². The van der Waals surface area contributed by atoms with Crippen LogP contribution in [-0.4, -0.2) is 10.2 Å². The topological polar surface area (TPSA) is 28.7 Å². The van der Waals surface area contributed by atoms with Crippen LogP contribution < -0.4 is 0 Å². The minimum absolute atomic E-state index is 0.800. The predicted octanol–water partition coefficient (Wildman–Crippen LogP) is 3.74. The molecule has 0 fully saturated rings. The molecule has 2 nitrogen and oxygen atoms in total. The summed E-state index contributed by atoms with van der Waals surface area (Å²) in [6.07, 6.45) is 0. The van der Waals surface area contributed by atoms with Crippen LogP contribution in [-0.2, 0) is 0 Å². The van der Waals surface area contributed by atoms with Gasteiger partial charge in [0.2, 0.25) is 0 Å². The van der Waals surface area contributed by atoms with Crippen LogP contribution in [0.25, 0.3) is 22.5 Å². The Kier molecular flexibility index (Phi) is 2.19. The Balaban J connectivity index is 2.07. The van der Waals surface area contributed by atoms with Crippen LogP contribution in [0.1, 0.15) is 0 Å². The van der Waals surface area contributed by atoms with Gasteiger partial charge >= 0.3 is 0 Å². The fourth-order valence-corrected chi connectivity index (χ4v) is 1.79. The molecule has 0 aliphatic carbocycles. The number of benzene rings is 2. The number of hydrogen-bond donors (Lipinski definition) is 1. The van der Waals surface area contributed by atoms with Crippen molar-refractivity contribution in [1.29, 1.82) is 0 Å². The van der Waals surface area contributed by atoms with Crippen molar-refractivity contribution in [2.45, 2.75) is 0 Å². The number of nitrogens with zero attached hydrogens (tertiary/aromatic N) is 1. The highest BCUT2D eigenvalue weighted by atomic mass is 15.1. The van der Waals surface area contributed by atoms with Crippen LogP contribution in [0.2, 0.25) is 1.41 Å². The fraction of sp³-hybridized carbons (Fsp3) is 0. The molecule has 0 spiro atoms. The summed E-state index contributed by atoms with van der Waals surface area (Å²) in [5.41, 5.74) is 3.65. The zero-order chi connectivity index (χ0) is 12.4. The number of rotatable bonds is 2. The maximum atomic E-state index is 7.88. The van der Waals surface area contributed by atoms with Gasteiger partial charge in [0.25, 0.3) is 0 Å². The van der Waals surface area contributed by atoms with Crippen LogP contribution in [0.4, 0.5) is 0 Å². The molecule has 3 aromatic rings. The number of aromatic nitrogens is 2. The smallest absolute Gasteiger partial charge is 0.190 e. The highest BCUT2D eigenvalue weighted by Gasteiger charge is 2.04. The molecule has 2 heteroatoms. The van der Waals surface area contributed by atoms with E-state index in [2.05, 4.69) is 5.10 Å². The van der Waals surface area contributed by atoms with Crippen LogP contribution >= 0.6 is 0 Å². The van der Waals surface area contributed by atoms with Crippen LogP contribution in [0.5, 0.6) is 0 Å². The average molecular weight is 221 g/mol. The van der Waals surface area contributed by atoms with E-state index in [0.29, 0.717) is 0 Å². The molecule has 0 bridgehead atoms. The summed E-state index contributed by atoms with van der Waals surface area (Å²) >= 11 is 0. The van der Waals surface area contributed by atoms with Crippen molar-refractivity contribution in [1.82, 2.24) is 10.2 Å². The van der Waals surface area contributed by atoms with E-state index in [0.717, 1.165) is 22.5 Å². The first-order chi connectivity index (χ1) is 8.84. The van der Waals surface area contributed by atoms with Gasteiger partial charge in [-0.2, -0.15) is 5.10 Å². The SMILES string of the molecule is [2H]n1nc(-c2ccccc2)cc1-c1ccccc1. The summed E-state index contributed by atoms with van der Waals surface area (Å²) in [5.74, 6) is 0. The molecule has 0 radical (unpaired) electrons. The summed E-state index contributed by atoms with van der Waals surface area (Å²) in [6.45, 7) is 0. The van der Waals surface area contributed by atoms with Gasteiger partial charge in [-0.3, -0.25) is 5.09 Å². The summed E-state index contributed by atoms with van der Waals surface area (Å²) in [4.78, 5) is 0. The summed E-state index contributed by atoms with van der Waals surface area (Å²) in [5, 5.41) is 5.42. The van der Waals surface area contributed by atoms with Gasteiger partial charge in [0.05, 0.1) is 11.4 Å². The first-order valence-corrected chi connectivity index (χ1v) is 5.55. The Bertz CT molecular complexity index is 645. The molecule has 0 unspecified atom stereocenters. The van der Waals surface area contributed by atoms with E-state index in [1.165, 1.54) is 5.09 Å². The van der Waals surface area contributed by atoms with Crippen molar-refractivity contribution in [2.75, 3.05) is 0 Å². The Morgan fingerprint density at radius 1 is 0.824 bits per heavy atom. The van der Waals surface area contributed by atoms with Crippen molar-refractivity contribution in [3.8, 4) is 22.5 Å². The van der Waals surface area contributed by atoms with Crippen molar-refractivity contribution in [3.63, 3.8) is 0 Å². The third-order valence-electron chi connectivity index (χ3n) is 2.68. The minimum Gasteiger partial charge on any atom is -0.277 e. The van der Waals surface area contributed by atoms with E-state index in [1.807, 2.05) is 66.7 Å². The van der Waals surface area contributed by atoms with Crippen molar-refractivity contribution < 1.29 is 1.41 Å². The molecule has 0 aliphatic rings. The monoisotopic (exact) mass is 221 g/mol. The third-order valence-corrected chi connectivity index (χ3v) is 2.68. The second kappa shape index (κ2) is 4.26. The van der Waals surface area contributed by atoms with Gasteiger partial charge < -0.3 is 0 Å². The molecule has 0 saturated heterocycles. The molecule has 1 aromatic heterocycles. The van der Waals surface area contributed by atoms with Gasteiger partial charge in [0.15, 0.2) is 1.41 Å². The lowest BCUT2D eigenvalue weighted by Gasteiger charge is -1.94. The lowest BCUT2D eigenvalue weighted by Crippen LogP contribution is -1.76. The van der Waals surface area contributed by atoms with E-state index in [-0.39, 0.29) is 0 Å². The highest BCUT2D eigenvalue weighted by Crippen LogP contribution is 2.22. The Morgan fingerprint density at radius 3 is 2.06 bits per heavy atom. The summed E-state index contributed by atoms with van der Waals surface area (Å²) in [7, 11) is 0. The second-order valence-corrected chi connectivity index (χ2v) is 3.85. The number of H-pyrrole nitrogens is 1. The minimum atomic E-state index is 0.800. The molecule has 0 saturated carbocycles. The molecule has 1 N–H and O–H groups in total. The fourth-order valence-electron chi connectivity index (χ4n) is 1.79. The van der Waals surface area contributed by atoms with Crippen molar-refractivity contribution >= 4 is 0 Å². The molecule has 3 rings (SSSR count). The Hall–Kier alpha value is -2.35. The molecule has 0 aliphatic heterocycles. The number of hydrogen-bond acceptors (Lipinski definition) is 1. The van der Waals surface area contributed by atoms with Crippen LogP contribution in [0.15, 0.2) is 66.7 Å². The lowest BCUT2D eigenvalue weighted by atomic mass is 10.1. The van der Waals surface area contributed by atoms with E-state index in [1.54, 1.807) is 0 Å². The van der Waals surface area contributed by atoms with Crippen molar-refractivity contribution in [2.24, 2.45) is 0 Å².